The van der Waals surface area contributed by atoms with Gasteiger partial charge in [-0.2, -0.15) is 26.3 Å². The average molecular weight is 524 g/mol. The van der Waals surface area contributed by atoms with Crippen LogP contribution in [0.1, 0.15) is 28.3 Å². The average Bonchev–Trinajstić information content (AvgIpc) is 2.85. The second kappa shape index (κ2) is 10.5. The second-order valence-electron chi connectivity index (χ2n) is 8.47. The number of nitrogens with zero attached hydrogens (tertiary/aromatic N) is 2. The SMILES string of the molecule is FC(F)(F)c1cc(NC(=S)N2CCN(C(c3ccccc3)c3ccccc3)CC2)cc(C(F)(F)F)c1. The van der Waals surface area contributed by atoms with Crippen molar-refractivity contribution in [2.75, 3.05) is 31.5 Å². The molecule has 1 saturated heterocycles. The molecule has 0 radical (unpaired) electrons. The van der Waals surface area contributed by atoms with E-state index in [-0.39, 0.29) is 22.9 Å². The second-order valence-corrected chi connectivity index (χ2v) is 8.86. The minimum Gasteiger partial charge on any atom is -0.346 e. The molecular formula is C26H23F6N3S. The summed E-state index contributed by atoms with van der Waals surface area (Å²) in [5.41, 5.74) is -0.874. The molecule has 10 heteroatoms. The third-order valence-electron chi connectivity index (χ3n) is 6.04. The summed E-state index contributed by atoms with van der Waals surface area (Å²) < 4.78 is 79.1. The van der Waals surface area contributed by atoms with Crippen LogP contribution in [0.15, 0.2) is 78.9 Å². The van der Waals surface area contributed by atoms with E-state index in [2.05, 4.69) is 34.5 Å². The van der Waals surface area contributed by atoms with Crippen LogP contribution in [0.5, 0.6) is 0 Å². The summed E-state index contributed by atoms with van der Waals surface area (Å²) in [7, 11) is 0. The van der Waals surface area contributed by atoms with Crippen LogP contribution >= 0.6 is 12.2 Å². The Labute approximate surface area is 210 Å². The molecule has 1 aliphatic heterocycles. The zero-order valence-electron chi connectivity index (χ0n) is 19.0. The zero-order valence-corrected chi connectivity index (χ0v) is 19.8. The molecule has 3 aromatic rings. The highest BCUT2D eigenvalue weighted by molar-refractivity contribution is 7.80. The molecule has 190 valence electrons. The van der Waals surface area contributed by atoms with Crippen molar-refractivity contribution in [3.05, 3.63) is 101 Å². The summed E-state index contributed by atoms with van der Waals surface area (Å²) >= 11 is 5.35. The highest BCUT2D eigenvalue weighted by Crippen LogP contribution is 2.37. The van der Waals surface area contributed by atoms with Gasteiger partial charge in [0.05, 0.1) is 17.2 Å². The van der Waals surface area contributed by atoms with Gasteiger partial charge in [0.15, 0.2) is 5.11 Å². The number of anilines is 1. The van der Waals surface area contributed by atoms with Gasteiger partial charge in [-0.1, -0.05) is 60.7 Å². The van der Waals surface area contributed by atoms with E-state index in [1.165, 1.54) is 0 Å². The quantitative estimate of drug-likeness (QED) is 0.298. The molecule has 0 spiro atoms. The molecule has 3 nitrogen and oxygen atoms in total. The topological polar surface area (TPSA) is 18.5 Å². The first-order valence-electron chi connectivity index (χ1n) is 11.2. The van der Waals surface area contributed by atoms with Crippen LogP contribution in [0.3, 0.4) is 0 Å². The van der Waals surface area contributed by atoms with Gasteiger partial charge < -0.3 is 10.2 Å². The lowest BCUT2D eigenvalue weighted by molar-refractivity contribution is -0.143. The number of nitrogens with one attached hydrogen (secondary N) is 1. The molecule has 36 heavy (non-hydrogen) atoms. The lowest BCUT2D eigenvalue weighted by Crippen LogP contribution is -2.51. The van der Waals surface area contributed by atoms with E-state index in [9.17, 15) is 26.3 Å². The van der Waals surface area contributed by atoms with Gasteiger partial charge in [-0.25, -0.2) is 0 Å². The van der Waals surface area contributed by atoms with Gasteiger partial charge in [0, 0.05) is 31.9 Å². The molecule has 1 heterocycles. The number of thiocarbonyl (C=S) groups is 1. The minimum absolute atomic E-state index is 0.00823. The van der Waals surface area contributed by atoms with E-state index in [0.717, 1.165) is 11.1 Å². The molecule has 1 aliphatic rings. The summed E-state index contributed by atoms with van der Waals surface area (Å²) in [5.74, 6) is 0. The highest BCUT2D eigenvalue weighted by Gasteiger charge is 2.37. The van der Waals surface area contributed by atoms with Crippen LogP contribution in [-0.4, -0.2) is 41.1 Å². The van der Waals surface area contributed by atoms with Crippen LogP contribution in [0.4, 0.5) is 32.0 Å². The smallest absolute Gasteiger partial charge is 0.346 e. The standard InChI is InChI=1S/C26H23F6N3S/c27-25(28,29)20-15-21(26(30,31)32)17-22(16-20)33-24(36)35-13-11-34(12-14-35)23(18-7-3-1-4-8-18)19-9-5-2-6-10-19/h1-10,15-17,23H,11-14H2,(H,33,36). The number of benzene rings is 3. The van der Waals surface area contributed by atoms with Gasteiger partial charge in [-0.05, 0) is 41.5 Å². The molecule has 0 amide bonds. The van der Waals surface area contributed by atoms with Crippen molar-refractivity contribution in [1.82, 2.24) is 9.80 Å². The predicted octanol–water partition coefficient (Wildman–Crippen LogP) is 6.83. The Hall–Kier alpha value is -3.11. The summed E-state index contributed by atoms with van der Waals surface area (Å²) in [6.07, 6.45) is -9.84. The molecule has 1 fully saturated rings. The first-order chi connectivity index (χ1) is 17.0. The van der Waals surface area contributed by atoms with Gasteiger partial charge in [-0.3, -0.25) is 4.90 Å². The number of hydrogen-bond donors (Lipinski definition) is 1. The van der Waals surface area contributed by atoms with Crippen LogP contribution in [-0.2, 0) is 12.4 Å². The van der Waals surface area contributed by atoms with Crippen molar-refractivity contribution in [3.8, 4) is 0 Å². The third-order valence-corrected chi connectivity index (χ3v) is 6.40. The predicted molar refractivity (Wildman–Crippen MR) is 131 cm³/mol. The Morgan fingerprint density at radius 1 is 0.694 bits per heavy atom. The maximum atomic E-state index is 13.2. The molecular weight excluding hydrogens is 500 g/mol. The van der Waals surface area contributed by atoms with E-state index >= 15 is 0 Å². The molecule has 4 rings (SSSR count). The van der Waals surface area contributed by atoms with Gasteiger partial charge in [-0.15, -0.1) is 0 Å². The monoisotopic (exact) mass is 523 g/mol. The van der Waals surface area contributed by atoms with E-state index < -0.39 is 23.5 Å². The van der Waals surface area contributed by atoms with E-state index in [1.54, 1.807) is 4.90 Å². The highest BCUT2D eigenvalue weighted by atomic mass is 32.1. The fraction of sp³-hybridized carbons (Fsp3) is 0.269. The van der Waals surface area contributed by atoms with Gasteiger partial charge >= 0.3 is 12.4 Å². The van der Waals surface area contributed by atoms with Crippen molar-refractivity contribution in [2.24, 2.45) is 0 Å². The molecule has 1 N–H and O–H groups in total. The summed E-state index contributed by atoms with van der Waals surface area (Å²) in [4.78, 5) is 4.04. The lowest BCUT2D eigenvalue weighted by atomic mass is 9.96. The molecule has 0 unspecified atom stereocenters. The van der Waals surface area contributed by atoms with E-state index in [1.807, 2.05) is 36.4 Å². The first-order valence-corrected chi connectivity index (χ1v) is 11.6. The molecule has 0 aromatic heterocycles. The van der Waals surface area contributed by atoms with Gasteiger partial charge in [0.1, 0.15) is 0 Å². The molecule has 0 saturated carbocycles. The van der Waals surface area contributed by atoms with Crippen molar-refractivity contribution >= 4 is 23.0 Å². The molecule has 3 aromatic carbocycles. The summed E-state index contributed by atoms with van der Waals surface area (Å²) in [6.45, 7) is 2.14. The Morgan fingerprint density at radius 2 is 1.14 bits per heavy atom. The summed E-state index contributed by atoms with van der Waals surface area (Å²) in [5, 5.41) is 2.66. The van der Waals surface area contributed by atoms with E-state index in [4.69, 9.17) is 12.2 Å². The van der Waals surface area contributed by atoms with Crippen molar-refractivity contribution in [1.29, 1.82) is 0 Å². The largest absolute Gasteiger partial charge is 0.416 e. The van der Waals surface area contributed by atoms with E-state index in [0.29, 0.717) is 38.3 Å². The van der Waals surface area contributed by atoms with Crippen molar-refractivity contribution < 1.29 is 26.3 Å². The zero-order chi connectivity index (χ0) is 25.9. The van der Waals surface area contributed by atoms with Crippen molar-refractivity contribution in [3.63, 3.8) is 0 Å². The fourth-order valence-electron chi connectivity index (χ4n) is 4.30. The number of halogens is 6. The number of piperazine rings is 1. The van der Waals surface area contributed by atoms with Crippen LogP contribution in [0.2, 0.25) is 0 Å². The minimum atomic E-state index is -4.92. The molecule has 0 aliphatic carbocycles. The maximum Gasteiger partial charge on any atom is 0.416 e. The van der Waals surface area contributed by atoms with Gasteiger partial charge in [0.25, 0.3) is 0 Å². The lowest BCUT2D eigenvalue weighted by Gasteiger charge is -2.40. The third kappa shape index (κ3) is 6.17. The molecule has 0 atom stereocenters. The van der Waals surface area contributed by atoms with Crippen LogP contribution in [0.25, 0.3) is 0 Å². The fourth-order valence-corrected chi connectivity index (χ4v) is 4.60. The van der Waals surface area contributed by atoms with Crippen molar-refractivity contribution in [2.45, 2.75) is 18.4 Å². The number of rotatable bonds is 4. The summed E-state index contributed by atoms with van der Waals surface area (Å²) in [6, 6.07) is 21.4. The Bertz CT molecular complexity index is 1100. The number of alkyl halides is 6. The Kier molecular flexibility index (Phi) is 7.56. The van der Waals surface area contributed by atoms with Crippen LogP contribution < -0.4 is 5.32 Å². The number of hydrogen-bond acceptors (Lipinski definition) is 2. The normalized spacial score (nSPS) is 15.2. The first kappa shape index (κ1) is 26.0. The van der Waals surface area contributed by atoms with Crippen LogP contribution in [0, 0.1) is 0 Å². The Balaban J connectivity index is 1.48. The maximum absolute atomic E-state index is 13.2. The Morgan fingerprint density at radius 3 is 1.56 bits per heavy atom. The van der Waals surface area contributed by atoms with Gasteiger partial charge in [0.2, 0.25) is 0 Å². The molecule has 0 bridgehead atoms.